The standard InChI is InChI=1S/C23H41N3O4/c1-21(2,3)19(27)26(16-9-11-23(7,8)12-10-16)18-13-17(14-24-29)25(15-18)20(28)30-22(4,5)6/h14,16-18,29H,9-13,15H2,1-8H3/b24-14-/t17-,18-/m0/s1. The Bertz CT molecular complexity index is 650. The second kappa shape index (κ2) is 8.75. The van der Waals surface area contributed by atoms with Gasteiger partial charge in [0.15, 0.2) is 0 Å². The predicted molar refractivity (Wildman–Crippen MR) is 118 cm³/mol. The molecule has 1 heterocycles. The predicted octanol–water partition coefficient (Wildman–Crippen LogP) is 4.67. The molecule has 0 bridgehead atoms. The summed E-state index contributed by atoms with van der Waals surface area (Å²) >= 11 is 0. The second-order valence-corrected chi connectivity index (χ2v) is 11.7. The molecule has 1 aliphatic carbocycles. The zero-order valence-electron chi connectivity index (χ0n) is 20.1. The minimum Gasteiger partial charge on any atom is -0.444 e. The molecule has 2 fully saturated rings. The first-order valence-corrected chi connectivity index (χ1v) is 11.1. The monoisotopic (exact) mass is 423 g/mol. The molecule has 1 saturated carbocycles. The van der Waals surface area contributed by atoms with E-state index in [2.05, 4.69) is 19.0 Å². The average molecular weight is 424 g/mol. The van der Waals surface area contributed by atoms with Crippen LogP contribution in [0.2, 0.25) is 0 Å². The highest BCUT2D eigenvalue weighted by molar-refractivity contribution is 5.83. The van der Waals surface area contributed by atoms with Gasteiger partial charge in [-0.25, -0.2) is 4.79 Å². The molecule has 0 aromatic carbocycles. The molecule has 7 nitrogen and oxygen atoms in total. The summed E-state index contributed by atoms with van der Waals surface area (Å²) < 4.78 is 5.57. The highest BCUT2D eigenvalue weighted by Crippen LogP contribution is 2.40. The lowest BCUT2D eigenvalue weighted by atomic mass is 9.74. The number of likely N-dealkylation sites (tertiary alicyclic amines) is 1. The molecule has 2 amide bonds. The molecule has 30 heavy (non-hydrogen) atoms. The number of nitrogens with zero attached hydrogens (tertiary/aromatic N) is 3. The molecule has 0 spiro atoms. The van der Waals surface area contributed by atoms with Crippen molar-refractivity contribution in [1.82, 2.24) is 9.80 Å². The number of ether oxygens (including phenoxy) is 1. The Morgan fingerprint density at radius 3 is 2.13 bits per heavy atom. The molecule has 1 saturated heterocycles. The van der Waals surface area contributed by atoms with Crippen molar-refractivity contribution in [3.8, 4) is 0 Å². The second-order valence-electron chi connectivity index (χ2n) is 11.7. The third kappa shape index (κ3) is 6.11. The fraction of sp³-hybridized carbons (Fsp3) is 0.870. The van der Waals surface area contributed by atoms with Gasteiger partial charge in [-0.1, -0.05) is 39.8 Å². The topological polar surface area (TPSA) is 82.4 Å². The van der Waals surface area contributed by atoms with Crippen LogP contribution in [0.4, 0.5) is 4.79 Å². The minimum atomic E-state index is -0.619. The molecule has 0 radical (unpaired) electrons. The molecule has 0 aromatic rings. The van der Waals surface area contributed by atoms with Crippen LogP contribution in [0.3, 0.4) is 0 Å². The minimum absolute atomic E-state index is 0.114. The number of rotatable bonds is 3. The summed E-state index contributed by atoms with van der Waals surface area (Å²) in [6, 6.07) is -0.358. The number of oxime groups is 1. The third-order valence-electron chi connectivity index (χ3n) is 6.16. The van der Waals surface area contributed by atoms with Crippen LogP contribution in [-0.2, 0) is 9.53 Å². The van der Waals surface area contributed by atoms with E-state index in [9.17, 15) is 9.59 Å². The van der Waals surface area contributed by atoms with Crippen LogP contribution in [-0.4, -0.2) is 63.5 Å². The van der Waals surface area contributed by atoms with E-state index in [0.717, 1.165) is 25.7 Å². The Morgan fingerprint density at radius 1 is 1.10 bits per heavy atom. The van der Waals surface area contributed by atoms with Gasteiger partial charge in [0.05, 0.1) is 18.3 Å². The molecule has 2 aliphatic rings. The lowest BCUT2D eigenvalue weighted by Crippen LogP contribution is -2.53. The molecule has 1 aliphatic heterocycles. The number of amides is 2. The van der Waals surface area contributed by atoms with Crippen LogP contribution in [0.15, 0.2) is 5.16 Å². The van der Waals surface area contributed by atoms with Crippen LogP contribution >= 0.6 is 0 Å². The van der Waals surface area contributed by atoms with Crippen molar-refractivity contribution < 1.29 is 19.5 Å². The Balaban J connectivity index is 2.29. The summed E-state index contributed by atoms with van der Waals surface area (Å²) in [6.07, 6.45) is 5.57. The zero-order chi connectivity index (χ0) is 22.9. The Labute approximate surface area is 181 Å². The van der Waals surface area contributed by atoms with E-state index in [1.807, 2.05) is 46.4 Å². The van der Waals surface area contributed by atoms with Crippen molar-refractivity contribution >= 4 is 18.2 Å². The molecule has 7 heteroatoms. The number of carbonyl (C=O) groups is 2. The van der Waals surface area contributed by atoms with E-state index < -0.39 is 23.2 Å². The summed E-state index contributed by atoms with van der Waals surface area (Å²) in [5.41, 5.74) is -0.823. The van der Waals surface area contributed by atoms with Crippen molar-refractivity contribution in [3.63, 3.8) is 0 Å². The largest absolute Gasteiger partial charge is 0.444 e. The first-order chi connectivity index (χ1) is 13.6. The maximum atomic E-state index is 13.5. The van der Waals surface area contributed by atoms with Crippen molar-refractivity contribution in [2.45, 2.75) is 111 Å². The van der Waals surface area contributed by atoms with Gasteiger partial charge < -0.3 is 14.8 Å². The van der Waals surface area contributed by atoms with Crippen molar-refractivity contribution in [1.29, 1.82) is 0 Å². The highest BCUT2D eigenvalue weighted by Gasteiger charge is 2.45. The molecule has 1 N–H and O–H groups in total. The van der Waals surface area contributed by atoms with Gasteiger partial charge in [-0.2, -0.15) is 0 Å². The zero-order valence-corrected chi connectivity index (χ0v) is 20.1. The molecule has 0 unspecified atom stereocenters. The fourth-order valence-electron chi connectivity index (χ4n) is 4.47. The summed E-state index contributed by atoms with van der Waals surface area (Å²) in [6.45, 7) is 16.3. The number of carbonyl (C=O) groups excluding carboxylic acids is 2. The average Bonchev–Trinajstić information content (AvgIpc) is 2.98. The van der Waals surface area contributed by atoms with Gasteiger partial charge in [0.1, 0.15) is 5.60 Å². The van der Waals surface area contributed by atoms with Crippen LogP contribution < -0.4 is 0 Å². The molecular formula is C23H41N3O4. The normalized spacial score (nSPS) is 25.5. The first kappa shape index (κ1) is 24.5. The smallest absolute Gasteiger partial charge is 0.410 e. The maximum absolute atomic E-state index is 13.5. The summed E-state index contributed by atoms with van der Waals surface area (Å²) in [7, 11) is 0. The molecule has 2 atom stereocenters. The van der Waals surface area contributed by atoms with E-state index >= 15 is 0 Å². The van der Waals surface area contributed by atoms with Gasteiger partial charge in [-0.15, -0.1) is 0 Å². The third-order valence-corrected chi connectivity index (χ3v) is 6.16. The van der Waals surface area contributed by atoms with Gasteiger partial charge in [0, 0.05) is 18.0 Å². The Hall–Kier alpha value is -1.79. The molecule has 0 aromatic heterocycles. The number of hydrogen-bond donors (Lipinski definition) is 1. The van der Waals surface area contributed by atoms with E-state index in [1.54, 1.807) is 4.90 Å². The van der Waals surface area contributed by atoms with E-state index in [1.165, 1.54) is 6.21 Å². The van der Waals surface area contributed by atoms with Gasteiger partial charge in [0.25, 0.3) is 0 Å². The Morgan fingerprint density at radius 2 is 1.67 bits per heavy atom. The highest BCUT2D eigenvalue weighted by atomic mass is 16.6. The SMILES string of the molecule is CC1(C)CCC(N(C(=O)C(C)(C)C)[C@H]2C[C@@H](/C=N\O)N(C(=O)OC(C)(C)C)C2)CC1. The van der Waals surface area contributed by atoms with Crippen LogP contribution in [0.1, 0.15) is 87.5 Å². The van der Waals surface area contributed by atoms with E-state index in [0.29, 0.717) is 18.4 Å². The quantitative estimate of drug-likeness (QED) is 0.406. The molecule has 2 rings (SSSR count). The fourth-order valence-corrected chi connectivity index (χ4v) is 4.47. The lowest BCUT2D eigenvalue weighted by Gasteiger charge is -2.45. The lowest BCUT2D eigenvalue weighted by molar-refractivity contribution is -0.146. The summed E-state index contributed by atoms with van der Waals surface area (Å²) in [5.74, 6) is 0.114. The van der Waals surface area contributed by atoms with E-state index in [4.69, 9.17) is 9.94 Å². The summed E-state index contributed by atoms with van der Waals surface area (Å²) in [5, 5.41) is 12.3. The number of hydrogen-bond acceptors (Lipinski definition) is 5. The van der Waals surface area contributed by atoms with Crippen LogP contribution in [0.25, 0.3) is 0 Å². The van der Waals surface area contributed by atoms with Crippen LogP contribution in [0.5, 0.6) is 0 Å². The molecular weight excluding hydrogens is 382 g/mol. The molecule has 172 valence electrons. The van der Waals surface area contributed by atoms with Crippen molar-refractivity contribution in [2.75, 3.05) is 6.54 Å². The van der Waals surface area contributed by atoms with Gasteiger partial charge in [-0.05, 0) is 58.3 Å². The summed E-state index contributed by atoms with van der Waals surface area (Å²) in [4.78, 5) is 29.9. The van der Waals surface area contributed by atoms with Gasteiger partial charge in [-0.3, -0.25) is 9.69 Å². The van der Waals surface area contributed by atoms with Crippen molar-refractivity contribution in [3.05, 3.63) is 0 Å². The van der Waals surface area contributed by atoms with E-state index in [-0.39, 0.29) is 18.0 Å². The van der Waals surface area contributed by atoms with Crippen molar-refractivity contribution in [2.24, 2.45) is 16.0 Å². The van der Waals surface area contributed by atoms with Crippen LogP contribution in [0, 0.1) is 10.8 Å². The maximum Gasteiger partial charge on any atom is 0.410 e. The van der Waals surface area contributed by atoms with Gasteiger partial charge >= 0.3 is 6.09 Å². The van der Waals surface area contributed by atoms with Gasteiger partial charge in [0.2, 0.25) is 5.91 Å². The Kier molecular flexibility index (Phi) is 7.14. The first-order valence-electron chi connectivity index (χ1n) is 11.1.